The van der Waals surface area contributed by atoms with Gasteiger partial charge in [0.05, 0.1) is 23.2 Å². The number of carboxylic acids is 1. The van der Waals surface area contributed by atoms with Gasteiger partial charge < -0.3 is 9.67 Å². The van der Waals surface area contributed by atoms with E-state index in [-0.39, 0.29) is 5.69 Å². The molecule has 0 aliphatic rings. The van der Waals surface area contributed by atoms with Crippen molar-refractivity contribution in [2.24, 2.45) is 0 Å². The summed E-state index contributed by atoms with van der Waals surface area (Å²) in [4.78, 5) is 19.7. The van der Waals surface area contributed by atoms with E-state index in [1.165, 1.54) is 0 Å². The number of imidazole rings is 1. The largest absolute Gasteiger partial charge is 0.477 e. The van der Waals surface area contributed by atoms with Crippen LogP contribution in [-0.2, 0) is 0 Å². The van der Waals surface area contributed by atoms with Crippen molar-refractivity contribution < 1.29 is 9.90 Å². The van der Waals surface area contributed by atoms with Crippen molar-refractivity contribution >= 4 is 16.9 Å². The standard InChI is InChI=1S/C15H13N3O2/c1-9-10(2)18(8-16-9)14-7-13(15(19)20)17-12-6-4-3-5-11(12)14/h3-8H,1-2H3,(H,19,20). The summed E-state index contributed by atoms with van der Waals surface area (Å²) in [5, 5.41) is 10.1. The van der Waals surface area contributed by atoms with Crippen molar-refractivity contribution in [3.05, 3.63) is 53.7 Å². The number of pyridine rings is 1. The highest BCUT2D eigenvalue weighted by atomic mass is 16.4. The number of hydrogen-bond acceptors (Lipinski definition) is 3. The second-order valence-electron chi connectivity index (χ2n) is 4.63. The van der Waals surface area contributed by atoms with Gasteiger partial charge in [0, 0.05) is 11.1 Å². The number of hydrogen-bond donors (Lipinski definition) is 1. The van der Waals surface area contributed by atoms with Crippen LogP contribution in [0.1, 0.15) is 21.9 Å². The number of carboxylic acid groups (broad SMARTS) is 1. The molecule has 100 valence electrons. The average Bonchev–Trinajstić information content (AvgIpc) is 2.78. The molecule has 1 N–H and O–H groups in total. The Morgan fingerprint density at radius 3 is 2.65 bits per heavy atom. The molecule has 0 radical (unpaired) electrons. The summed E-state index contributed by atoms with van der Waals surface area (Å²) in [6.07, 6.45) is 1.71. The van der Waals surface area contributed by atoms with Crippen molar-refractivity contribution in [2.45, 2.75) is 13.8 Å². The van der Waals surface area contributed by atoms with Crippen molar-refractivity contribution in [1.29, 1.82) is 0 Å². The van der Waals surface area contributed by atoms with Gasteiger partial charge in [-0.05, 0) is 26.0 Å². The lowest BCUT2D eigenvalue weighted by Gasteiger charge is -2.10. The topological polar surface area (TPSA) is 68.0 Å². The summed E-state index contributed by atoms with van der Waals surface area (Å²) in [6, 6.07) is 9.07. The minimum absolute atomic E-state index is 0.0319. The predicted octanol–water partition coefficient (Wildman–Crippen LogP) is 2.74. The van der Waals surface area contributed by atoms with Gasteiger partial charge in [0.25, 0.3) is 0 Å². The van der Waals surface area contributed by atoms with Gasteiger partial charge in [-0.3, -0.25) is 0 Å². The minimum Gasteiger partial charge on any atom is -0.477 e. The van der Waals surface area contributed by atoms with Gasteiger partial charge in [-0.15, -0.1) is 0 Å². The van der Waals surface area contributed by atoms with E-state index in [1.807, 2.05) is 42.7 Å². The van der Waals surface area contributed by atoms with E-state index in [4.69, 9.17) is 0 Å². The molecule has 0 saturated carbocycles. The van der Waals surface area contributed by atoms with Gasteiger partial charge in [0.15, 0.2) is 5.69 Å². The van der Waals surface area contributed by atoms with E-state index >= 15 is 0 Å². The molecule has 0 spiro atoms. The number of para-hydroxylation sites is 1. The molecule has 0 amide bonds. The van der Waals surface area contributed by atoms with Gasteiger partial charge in [0.1, 0.15) is 0 Å². The highest BCUT2D eigenvalue weighted by Gasteiger charge is 2.13. The van der Waals surface area contributed by atoms with Crippen molar-refractivity contribution in [3.8, 4) is 5.69 Å². The Morgan fingerprint density at radius 2 is 2.00 bits per heavy atom. The summed E-state index contributed by atoms with van der Waals surface area (Å²) in [5.41, 5.74) is 3.38. The summed E-state index contributed by atoms with van der Waals surface area (Å²) < 4.78 is 1.89. The molecule has 0 aliphatic carbocycles. The Morgan fingerprint density at radius 1 is 1.25 bits per heavy atom. The first-order valence-electron chi connectivity index (χ1n) is 6.22. The van der Waals surface area contributed by atoms with Crippen LogP contribution in [0.5, 0.6) is 0 Å². The van der Waals surface area contributed by atoms with Crippen LogP contribution in [0.4, 0.5) is 0 Å². The fourth-order valence-electron chi connectivity index (χ4n) is 2.21. The van der Waals surface area contributed by atoms with E-state index in [0.717, 1.165) is 22.5 Å². The van der Waals surface area contributed by atoms with Crippen LogP contribution in [-0.4, -0.2) is 25.6 Å². The van der Waals surface area contributed by atoms with E-state index in [0.29, 0.717) is 5.52 Å². The third-order valence-corrected chi connectivity index (χ3v) is 3.42. The molecule has 20 heavy (non-hydrogen) atoms. The molecule has 0 bridgehead atoms. The van der Waals surface area contributed by atoms with Crippen LogP contribution >= 0.6 is 0 Å². The fraction of sp³-hybridized carbons (Fsp3) is 0.133. The number of aryl methyl sites for hydroxylation is 1. The van der Waals surface area contributed by atoms with Crippen molar-refractivity contribution in [2.75, 3.05) is 0 Å². The van der Waals surface area contributed by atoms with E-state index in [9.17, 15) is 9.90 Å². The zero-order valence-corrected chi connectivity index (χ0v) is 11.2. The van der Waals surface area contributed by atoms with Gasteiger partial charge >= 0.3 is 5.97 Å². The van der Waals surface area contributed by atoms with Gasteiger partial charge in [0.2, 0.25) is 0 Å². The Balaban J connectivity index is 2.38. The quantitative estimate of drug-likeness (QED) is 0.775. The molecule has 0 fully saturated rings. The van der Waals surface area contributed by atoms with Crippen LogP contribution in [0.25, 0.3) is 16.6 Å². The highest BCUT2D eigenvalue weighted by Crippen LogP contribution is 2.24. The number of nitrogens with zero attached hydrogens (tertiary/aromatic N) is 3. The zero-order chi connectivity index (χ0) is 14.3. The van der Waals surface area contributed by atoms with E-state index < -0.39 is 5.97 Å². The van der Waals surface area contributed by atoms with Crippen molar-refractivity contribution in [3.63, 3.8) is 0 Å². The average molecular weight is 267 g/mol. The van der Waals surface area contributed by atoms with Crippen LogP contribution in [0.2, 0.25) is 0 Å². The van der Waals surface area contributed by atoms with Gasteiger partial charge in [-0.25, -0.2) is 14.8 Å². The predicted molar refractivity (Wildman–Crippen MR) is 75.3 cm³/mol. The molecule has 5 heteroatoms. The number of rotatable bonds is 2. The molecule has 2 aromatic heterocycles. The number of fused-ring (bicyclic) bond motifs is 1. The fourth-order valence-corrected chi connectivity index (χ4v) is 2.21. The Hall–Kier alpha value is -2.69. The maximum atomic E-state index is 11.2. The molecule has 0 atom stereocenters. The van der Waals surface area contributed by atoms with Crippen LogP contribution in [0, 0.1) is 13.8 Å². The number of aromatic nitrogens is 3. The molecular weight excluding hydrogens is 254 g/mol. The normalized spacial score (nSPS) is 10.9. The van der Waals surface area contributed by atoms with Gasteiger partial charge in [-0.2, -0.15) is 0 Å². The van der Waals surface area contributed by atoms with Crippen LogP contribution < -0.4 is 0 Å². The Kier molecular flexibility index (Phi) is 2.75. The lowest BCUT2D eigenvalue weighted by atomic mass is 10.1. The minimum atomic E-state index is -1.04. The molecule has 2 heterocycles. The number of aromatic carboxylic acids is 1. The first-order chi connectivity index (χ1) is 9.58. The first kappa shape index (κ1) is 12.3. The summed E-state index contributed by atoms with van der Waals surface area (Å²) in [7, 11) is 0. The van der Waals surface area contributed by atoms with E-state index in [2.05, 4.69) is 9.97 Å². The summed E-state index contributed by atoms with van der Waals surface area (Å²) in [5.74, 6) is -1.04. The van der Waals surface area contributed by atoms with Crippen LogP contribution in [0.15, 0.2) is 36.7 Å². The molecule has 0 saturated heterocycles. The third-order valence-electron chi connectivity index (χ3n) is 3.42. The lowest BCUT2D eigenvalue weighted by Crippen LogP contribution is -2.05. The molecule has 0 aliphatic heterocycles. The third kappa shape index (κ3) is 1.84. The highest BCUT2D eigenvalue weighted by molar-refractivity contribution is 5.94. The molecule has 1 aromatic carbocycles. The second-order valence-corrected chi connectivity index (χ2v) is 4.63. The number of benzene rings is 1. The zero-order valence-electron chi connectivity index (χ0n) is 11.2. The smallest absolute Gasteiger partial charge is 0.354 e. The molecular formula is C15H13N3O2. The van der Waals surface area contributed by atoms with E-state index in [1.54, 1.807) is 12.4 Å². The molecule has 0 unspecified atom stereocenters. The lowest BCUT2D eigenvalue weighted by molar-refractivity contribution is 0.0691. The first-order valence-corrected chi connectivity index (χ1v) is 6.22. The summed E-state index contributed by atoms with van der Waals surface area (Å²) >= 11 is 0. The Labute approximate surface area is 115 Å². The number of carbonyl (C=O) groups is 1. The maximum Gasteiger partial charge on any atom is 0.354 e. The maximum absolute atomic E-state index is 11.2. The molecule has 3 aromatic rings. The molecule has 5 nitrogen and oxygen atoms in total. The SMILES string of the molecule is Cc1ncn(-c2cc(C(=O)O)nc3ccccc23)c1C. The van der Waals surface area contributed by atoms with Crippen LogP contribution in [0.3, 0.4) is 0 Å². The molecule has 3 rings (SSSR count). The Bertz CT molecular complexity index is 821. The summed E-state index contributed by atoms with van der Waals surface area (Å²) in [6.45, 7) is 3.88. The monoisotopic (exact) mass is 267 g/mol. The van der Waals surface area contributed by atoms with Gasteiger partial charge in [-0.1, -0.05) is 18.2 Å². The van der Waals surface area contributed by atoms with Crippen molar-refractivity contribution in [1.82, 2.24) is 14.5 Å². The second kappa shape index (κ2) is 4.45.